The van der Waals surface area contributed by atoms with Crippen molar-refractivity contribution < 1.29 is 18.0 Å². The van der Waals surface area contributed by atoms with E-state index in [2.05, 4.69) is 15.2 Å². The molecule has 4 rings (SSSR count). The fourth-order valence-corrected chi connectivity index (χ4v) is 4.01. The van der Waals surface area contributed by atoms with Crippen molar-refractivity contribution in [2.45, 2.75) is 52.3 Å². The van der Waals surface area contributed by atoms with Gasteiger partial charge in [0, 0.05) is 49.4 Å². The molecule has 0 aliphatic carbocycles. The van der Waals surface area contributed by atoms with Crippen molar-refractivity contribution in [2.24, 2.45) is 0 Å². The number of carbonyl (C=O) groups is 1. The van der Waals surface area contributed by atoms with Gasteiger partial charge in [-0.3, -0.25) is 9.48 Å². The number of aryl methyl sites for hydroxylation is 4. The smallest absolute Gasteiger partial charge is 0.342 e. The second-order valence-corrected chi connectivity index (χ2v) is 7.85. The number of amides is 1. The topological polar surface area (TPSA) is 68.3 Å². The fraction of sp³-hybridized carbons (Fsp3) is 0.500. The van der Waals surface area contributed by atoms with Gasteiger partial charge in [-0.2, -0.15) is 23.4 Å². The minimum absolute atomic E-state index is 0.0127. The molecule has 1 saturated heterocycles. The van der Waals surface area contributed by atoms with E-state index < -0.39 is 11.9 Å². The fourth-order valence-electron chi connectivity index (χ4n) is 4.01. The van der Waals surface area contributed by atoms with Crippen LogP contribution in [0, 0.1) is 20.8 Å². The van der Waals surface area contributed by atoms with Crippen LogP contribution in [0.2, 0.25) is 0 Å². The first-order chi connectivity index (χ1) is 14.1. The van der Waals surface area contributed by atoms with Gasteiger partial charge in [0.2, 0.25) is 5.91 Å². The van der Waals surface area contributed by atoms with Crippen molar-refractivity contribution in [1.82, 2.24) is 29.3 Å². The number of fused-ring (bicyclic) bond motifs is 1. The van der Waals surface area contributed by atoms with Crippen molar-refractivity contribution in [3.05, 3.63) is 46.7 Å². The third-order valence-corrected chi connectivity index (χ3v) is 5.46. The van der Waals surface area contributed by atoms with Crippen LogP contribution >= 0.6 is 0 Å². The van der Waals surface area contributed by atoms with E-state index in [1.165, 1.54) is 6.92 Å². The van der Waals surface area contributed by atoms with Crippen molar-refractivity contribution >= 4 is 11.6 Å². The van der Waals surface area contributed by atoms with E-state index in [1.54, 1.807) is 11.0 Å². The van der Waals surface area contributed by atoms with Gasteiger partial charge in [-0.15, -0.1) is 0 Å². The van der Waals surface area contributed by atoms with Gasteiger partial charge in [0.1, 0.15) is 5.69 Å². The Hall–Kier alpha value is -2.91. The number of hydrogen-bond donors (Lipinski definition) is 0. The van der Waals surface area contributed by atoms with Crippen LogP contribution in [0.3, 0.4) is 0 Å². The second-order valence-electron chi connectivity index (χ2n) is 7.85. The maximum Gasteiger partial charge on any atom is 0.433 e. The standard InChI is InChI=1S/C20H23F3N6O/c1-12-9-17(20(21,22)23)29-18(24-12)10-16(26-29)15-4-6-27(11-15)19(30)5-7-28-14(3)8-13(2)25-28/h8-10,15H,4-7,11H2,1-3H3/t15-/m1/s1. The summed E-state index contributed by atoms with van der Waals surface area (Å²) < 4.78 is 42.7. The van der Waals surface area contributed by atoms with Crippen LogP contribution in [-0.4, -0.2) is 48.3 Å². The van der Waals surface area contributed by atoms with Crippen LogP contribution in [0.5, 0.6) is 0 Å². The lowest BCUT2D eigenvalue weighted by Crippen LogP contribution is -2.29. The van der Waals surface area contributed by atoms with Gasteiger partial charge in [-0.1, -0.05) is 0 Å². The molecule has 0 unspecified atom stereocenters. The summed E-state index contributed by atoms with van der Waals surface area (Å²) in [6, 6.07) is 4.55. The van der Waals surface area contributed by atoms with Crippen molar-refractivity contribution in [3.8, 4) is 0 Å². The Morgan fingerprint density at radius 3 is 2.57 bits per heavy atom. The molecule has 10 heteroatoms. The Bertz CT molecular complexity index is 1100. The summed E-state index contributed by atoms with van der Waals surface area (Å²) in [4.78, 5) is 18.5. The summed E-state index contributed by atoms with van der Waals surface area (Å²) in [5, 5.41) is 8.55. The molecule has 1 amide bonds. The molecular weight excluding hydrogens is 397 g/mol. The minimum atomic E-state index is -4.52. The number of hydrogen-bond acceptors (Lipinski definition) is 4. The highest BCUT2D eigenvalue weighted by Crippen LogP contribution is 2.32. The zero-order chi connectivity index (χ0) is 21.6. The molecule has 1 fully saturated rings. The van der Waals surface area contributed by atoms with Crippen molar-refractivity contribution in [2.75, 3.05) is 13.1 Å². The zero-order valence-electron chi connectivity index (χ0n) is 17.1. The lowest BCUT2D eigenvalue weighted by Gasteiger charge is -2.16. The average molecular weight is 420 g/mol. The van der Waals surface area contributed by atoms with E-state index in [1.807, 2.05) is 24.6 Å². The summed E-state index contributed by atoms with van der Waals surface area (Å²) in [5.74, 6) is -0.0931. The van der Waals surface area contributed by atoms with Crippen molar-refractivity contribution in [1.29, 1.82) is 0 Å². The van der Waals surface area contributed by atoms with E-state index in [-0.39, 0.29) is 23.2 Å². The Balaban J connectivity index is 1.47. The highest BCUT2D eigenvalue weighted by molar-refractivity contribution is 5.76. The van der Waals surface area contributed by atoms with Gasteiger partial charge < -0.3 is 4.90 Å². The monoisotopic (exact) mass is 420 g/mol. The largest absolute Gasteiger partial charge is 0.433 e. The van der Waals surface area contributed by atoms with E-state index >= 15 is 0 Å². The summed E-state index contributed by atoms with van der Waals surface area (Å²) in [6.45, 7) is 6.90. The summed E-state index contributed by atoms with van der Waals surface area (Å²) in [6.07, 6.45) is -3.52. The van der Waals surface area contributed by atoms with E-state index in [4.69, 9.17) is 0 Å². The molecule has 30 heavy (non-hydrogen) atoms. The Labute approximate surface area is 171 Å². The molecule has 4 heterocycles. The highest BCUT2D eigenvalue weighted by atomic mass is 19.4. The van der Waals surface area contributed by atoms with Crippen LogP contribution in [-0.2, 0) is 17.5 Å². The van der Waals surface area contributed by atoms with Gasteiger partial charge >= 0.3 is 6.18 Å². The lowest BCUT2D eigenvalue weighted by molar-refractivity contribution is -0.142. The molecule has 1 aliphatic rings. The first-order valence-electron chi connectivity index (χ1n) is 9.85. The maximum atomic E-state index is 13.4. The molecule has 3 aromatic rings. The number of alkyl halides is 3. The number of aromatic nitrogens is 5. The third kappa shape index (κ3) is 3.90. The van der Waals surface area contributed by atoms with Gasteiger partial charge in [0.05, 0.1) is 11.4 Å². The molecule has 0 aromatic carbocycles. The van der Waals surface area contributed by atoms with E-state index in [0.29, 0.717) is 38.2 Å². The van der Waals surface area contributed by atoms with Gasteiger partial charge in [0.25, 0.3) is 0 Å². The number of nitrogens with zero attached hydrogens (tertiary/aromatic N) is 6. The van der Waals surface area contributed by atoms with Crippen LogP contribution in [0.15, 0.2) is 18.2 Å². The zero-order valence-corrected chi connectivity index (χ0v) is 17.1. The summed E-state index contributed by atoms with van der Waals surface area (Å²) >= 11 is 0. The maximum absolute atomic E-state index is 13.4. The predicted molar refractivity (Wildman–Crippen MR) is 103 cm³/mol. The predicted octanol–water partition coefficient (Wildman–Crippen LogP) is 3.28. The van der Waals surface area contributed by atoms with Crippen LogP contribution < -0.4 is 0 Å². The number of halogens is 3. The molecule has 0 N–H and O–H groups in total. The molecule has 1 atom stereocenters. The highest BCUT2D eigenvalue weighted by Gasteiger charge is 2.36. The summed E-state index contributed by atoms with van der Waals surface area (Å²) in [5.41, 5.74) is 2.07. The normalized spacial score (nSPS) is 17.3. The minimum Gasteiger partial charge on any atom is -0.342 e. The van der Waals surface area contributed by atoms with Crippen LogP contribution in [0.25, 0.3) is 5.65 Å². The molecule has 1 aliphatic heterocycles. The molecule has 0 saturated carbocycles. The van der Waals surface area contributed by atoms with Crippen LogP contribution in [0.1, 0.15) is 47.2 Å². The van der Waals surface area contributed by atoms with Gasteiger partial charge in [0.15, 0.2) is 5.65 Å². The molecule has 0 spiro atoms. The quantitative estimate of drug-likeness (QED) is 0.650. The lowest BCUT2D eigenvalue weighted by atomic mass is 10.1. The summed E-state index contributed by atoms with van der Waals surface area (Å²) in [7, 11) is 0. The molecule has 3 aromatic heterocycles. The molecule has 0 radical (unpaired) electrons. The van der Waals surface area contributed by atoms with Crippen LogP contribution in [0.4, 0.5) is 13.2 Å². The first-order valence-corrected chi connectivity index (χ1v) is 9.85. The number of carbonyl (C=O) groups excluding carboxylic acids is 1. The molecule has 0 bridgehead atoms. The molecular formula is C20H23F3N6O. The van der Waals surface area contributed by atoms with E-state index in [9.17, 15) is 18.0 Å². The Kier molecular flexibility index (Phi) is 5.03. The SMILES string of the molecule is Cc1cc(C(F)(F)F)n2nc([C@@H]3CCN(C(=O)CCn4nc(C)cc4C)C3)cc2n1. The number of likely N-dealkylation sites (tertiary alicyclic amines) is 1. The van der Waals surface area contributed by atoms with Crippen molar-refractivity contribution in [3.63, 3.8) is 0 Å². The van der Waals surface area contributed by atoms with Gasteiger partial charge in [-0.05, 0) is 39.3 Å². The Morgan fingerprint density at radius 2 is 1.90 bits per heavy atom. The Morgan fingerprint density at radius 1 is 1.13 bits per heavy atom. The van der Waals surface area contributed by atoms with E-state index in [0.717, 1.165) is 22.0 Å². The third-order valence-electron chi connectivity index (χ3n) is 5.46. The molecule has 7 nitrogen and oxygen atoms in total. The first kappa shape index (κ1) is 20.4. The average Bonchev–Trinajstić information content (AvgIpc) is 3.36. The molecule has 160 valence electrons. The van der Waals surface area contributed by atoms with Gasteiger partial charge in [-0.25, -0.2) is 9.50 Å². The number of rotatable bonds is 4. The second kappa shape index (κ2) is 7.41.